The summed E-state index contributed by atoms with van der Waals surface area (Å²) in [6.45, 7) is 1.40. The normalized spacial score (nSPS) is 15.9. The van der Waals surface area contributed by atoms with Crippen LogP contribution in [-0.2, 0) is 16.8 Å². The van der Waals surface area contributed by atoms with Crippen molar-refractivity contribution in [3.05, 3.63) is 66.0 Å². The van der Waals surface area contributed by atoms with Gasteiger partial charge in [-0.1, -0.05) is 6.07 Å². The van der Waals surface area contributed by atoms with Crippen LogP contribution < -0.4 is 19.5 Å². The number of aromatic nitrogens is 1. The molecule has 7 nitrogen and oxygen atoms in total. The van der Waals surface area contributed by atoms with Crippen molar-refractivity contribution >= 4 is 11.6 Å². The number of nitrogens with zero attached hydrogens (tertiary/aromatic N) is 2. The van der Waals surface area contributed by atoms with Crippen molar-refractivity contribution < 1.29 is 19.0 Å². The van der Waals surface area contributed by atoms with E-state index in [1.54, 1.807) is 21.3 Å². The number of methoxy groups -OCH3 is 3. The first-order valence-electron chi connectivity index (χ1n) is 11.2. The number of likely N-dealkylation sites (tertiary alicyclic amines) is 1. The number of rotatable bonds is 5. The Labute approximate surface area is 193 Å². The molecule has 172 valence electrons. The number of nitrogens with one attached hydrogen (secondary N) is 1. The number of ether oxygens (including phenoxy) is 3. The van der Waals surface area contributed by atoms with E-state index in [1.165, 1.54) is 5.69 Å². The van der Waals surface area contributed by atoms with Gasteiger partial charge in [-0.3, -0.25) is 4.79 Å². The van der Waals surface area contributed by atoms with E-state index in [0.29, 0.717) is 31.0 Å². The molecule has 1 saturated heterocycles. The minimum atomic E-state index is -0.205. The zero-order valence-corrected chi connectivity index (χ0v) is 19.3. The molecule has 2 aliphatic heterocycles. The summed E-state index contributed by atoms with van der Waals surface area (Å²) in [5, 5.41) is 3.80. The smallest absolute Gasteiger partial charge is 0.226 e. The van der Waals surface area contributed by atoms with Gasteiger partial charge in [0, 0.05) is 31.0 Å². The maximum atomic E-state index is 13.1. The third-order valence-electron chi connectivity index (χ3n) is 6.85. The van der Waals surface area contributed by atoms with Gasteiger partial charge in [-0.15, -0.1) is 0 Å². The topological polar surface area (TPSA) is 65.0 Å². The van der Waals surface area contributed by atoms with Crippen LogP contribution in [-0.4, -0.2) is 49.8 Å². The lowest BCUT2D eigenvalue weighted by atomic mass is 9.82. The van der Waals surface area contributed by atoms with E-state index in [-0.39, 0.29) is 11.4 Å². The van der Waals surface area contributed by atoms with E-state index < -0.39 is 0 Å². The summed E-state index contributed by atoms with van der Waals surface area (Å²) in [5.41, 5.74) is 4.13. The fraction of sp³-hybridized carbons (Fsp3) is 0.346. The molecule has 0 saturated carbocycles. The number of piperidine rings is 1. The molecule has 0 bridgehead atoms. The van der Waals surface area contributed by atoms with E-state index in [2.05, 4.69) is 40.3 Å². The average Bonchev–Trinajstić information content (AvgIpc) is 3.35. The zero-order chi connectivity index (χ0) is 23.0. The molecule has 0 aliphatic carbocycles. The summed E-state index contributed by atoms with van der Waals surface area (Å²) < 4.78 is 18.4. The summed E-state index contributed by atoms with van der Waals surface area (Å²) >= 11 is 0. The molecule has 1 aromatic heterocycles. The summed E-state index contributed by atoms with van der Waals surface area (Å²) in [7, 11) is 4.90. The monoisotopic (exact) mass is 447 g/mol. The van der Waals surface area contributed by atoms with Gasteiger partial charge in [-0.25, -0.2) is 0 Å². The second-order valence-corrected chi connectivity index (χ2v) is 8.60. The molecular weight excluding hydrogens is 418 g/mol. The lowest BCUT2D eigenvalue weighted by molar-refractivity contribution is -0.132. The standard InChI is InChI=1S/C26H29N3O4/c1-31-19-7-8-21-20(17-19)27-26(24-5-4-12-29(21)24)10-13-28(14-11-26)25(30)16-18-6-9-22(32-2)23(15-18)33-3/h4-9,12,15,17,27H,10-11,13-14,16H2,1-3H3. The van der Waals surface area contributed by atoms with Crippen molar-refractivity contribution in [1.82, 2.24) is 9.47 Å². The highest BCUT2D eigenvalue weighted by Gasteiger charge is 2.42. The highest BCUT2D eigenvalue weighted by atomic mass is 16.5. The van der Waals surface area contributed by atoms with Crippen molar-refractivity contribution in [3.63, 3.8) is 0 Å². The van der Waals surface area contributed by atoms with Crippen molar-refractivity contribution in [2.45, 2.75) is 24.8 Å². The largest absolute Gasteiger partial charge is 0.497 e. The van der Waals surface area contributed by atoms with Gasteiger partial charge in [0.05, 0.1) is 44.7 Å². The second kappa shape index (κ2) is 8.39. The Bertz CT molecular complexity index is 1180. The van der Waals surface area contributed by atoms with Crippen molar-refractivity contribution in [3.8, 4) is 22.9 Å². The summed E-state index contributed by atoms with van der Waals surface area (Å²) in [4.78, 5) is 15.1. The Hall–Kier alpha value is -3.61. The van der Waals surface area contributed by atoms with Gasteiger partial charge in [0.15, 0.2) is 11.5 Å². The van der Waals surface area contributed by atoms with E-state index in [0.717, 1.165) is 35.5 Å². The summed E-state index contributed by atoms with van der Waals surface area (Å²) in [5.74, 6) is 2.26. The summed E-state index contributed by atoms with van der Waals surface area (Å²) in [6, 6.07) is 16.0. The molecule has 1 spiro atoms. The molecule has 33 heavy (non-hydrogen) atoms. The number of hydrogen-bond donors (Lipinski definition) is 1. The van der Waals surface area contributed by atoms with Crippen molar-refractivity contribution in [2.75, 3.05) is 39.7 Å². The lowest BCUT2D eigenvalue weighted by Crippen LogP contribution is -2.51. The van der Waals surface area contributed by atoms with Gasteiger partial charge in [-0.2, -0.15) is 0 Å². The Morgan fingerprint density at radius 2 is 1.76 bits per heavy atom. The minimum absolute atomic E-state index is 0.130. The first kappa shape index (κ1) is 21.2. The highest BCUT2D eigenvalue weighted by Crippen LogP contribution is 2.44. The SMILES string of the molecule is COc1ccc2c(c1)NC1(CCN(C(=O)Cc3ccc(OC)c(OC)c3)CC1)c1cccn1-2. The molecule has 0 atom stereocenters. The molecule has 5 rings (SSSR count). The van der Waals surface area contributed by atoms with Crippen LogP contribution in [0.15, 0.2) is 54.7 Å². The predicted molar refractivity (Wildman–Crippen MR) is 127 cm³/mol. The molecule has 1 amide bonds. The number of benzene rings is 2. The van der Waals surface area contributed by atoms with Crippen LogP contribution in [0.1, 0.15) is 24.1 Å². The maximum absolute atomic E-state index is 13.1. The van der Waals surface area contributed by atoms with Crippen LogP contribution in [0.2, 0.25) is 0 Å². The Kier molecular flexibility index (Phi) is 5.40. The third kappa shape index (κ3) is 3.67. The maximum Gasteiger partial charge on any atom is 0.226 e. The van der Waals surface area contributed by atoms with E-state index in [1.807, 2.05) is 29.2 Å². The molecule has 1 N–H and O–H groups in total. The van der Waals surface area contributed by atoms with Crippen molar-refractivity contribution in [1.29, 1.82) is 0 Å². The Morgan fingerprint density at radius 3 is 2.48 bits per heavy atom. The molecule has 0 unspecified atom stereocenters. The number of amides is 1. The molecule has 7 heteroatoms. The van der Waals surface area contributed by atoms with Crippen LogP contribution in [0.3, 0.4) is 0 Å². The van der Waals surface area contributed by atoms with Crippen LogP contribution in [0.4, 0.5) is 5.69 Å². The van der Waals surface area contributed by atoms with Crippen molar-refractivity contribution in [2.24, 2.45) is 0 Å². The fourth-order valence-electron chi connectivity index (χ4n) is 5.05. The molecular formula is C26H29N3O4. The zero-order valence-electron chi connectivity index (χ0n) is 19.3. The first-order chi connectivity index (χ1) is 16.1. The number of anilines is 1. The van der Waals surface area contributed by atoms with Crippen LogP contribution >= 0.6 is 0 Å². The fourth-order valence-corrected chi connectivity index (χ4v) is 5.05. The average molecular weight is 448 g/mol. The summed E-state index contributed by atoms with van der Waals surface area (Å²) in [6.07, 6.45) is 4.13. The number of fused-ring (bicyclic) bond motifs is 4. The Morgan fingerprint density at radius 1 is 0.970 bits per heavy atom. The number of carbonyl (C=O) groups is 1. The molecule has 2 aliphatic rings. The molecule has 3 heterocycles. The van der Waals surface area contributed by atoms with Gasteiger partial charge in [0.1, 0.15) is 5.75 Å². The van der Waals surface area contributed by atoms with Gasteiger partial charge >= 0.3 is 0 Å². The van der Waals surface area contributed by atoms with E-state index >= 15 is 0 Å². The van der Waals surface area contributed by atoms with Gasteiger partial charge in [0.25, 0.3) is 0 Å². The van der Waals surface area contributed by atoms with Gasteiger partial charge < -0.3 is 29.0 Å². The van der Waals surface area contributed by atoms with Crippen LogP contribution in [0.5, 0.6) is 17.2 Å². The second-order valence-electron chi connectivity index (χ2n) is 8.60. The van der Waals surface area contributed by atoms with Gasteiger partial charge in [0.2, 0.25) is 5.91 Å². The quantitative estimate of drug-likeness (QED) is 0.641. The minimum Gasteiger partial charge on any atom is -0.497 e. The third-order valence-corrected chi connectivity index (χ3v) is 6.85. The molecule has 3 aromatic rings. The van der Waals surface area contributed by atoms with E-state index in [4.69, 9.17) is 14.2 Å². The van der Waals surface area contributed by atoms with E-state index in [9.17, 15) is 4.79 Å². The number of carbonyl (C=O) groups excluding carboxylic acids is 1. The first-order valence-corrected chi connectivity index (χ1v) is 11.2. The van der Waals surface area contributed by atoms with Crippen LogP contribution in [0.25, 0.3) is 5.69 Å². The molecule has 2 aromatic carbocycles. The van der Waals surface area contributed by atoms with Gasteiger partial charge in [-0.05, 0) is 54.8 Å². The lowest BCUT2D eigenvalue weighted by Gasteiger charge is -2.46. The predicted octanol–water partition coefficient (Wildman–Crippen LogP) is 3.99. The Balaban J connectivity index is 1.32. The molecule has 1 fully saturated rings. The highest BCUT2D eigenvalue weighted by molar-refractivity contribution is 5.79. The number of hydrogen-bond acceptors (Lipinski definition) is 5. The van der Waals surface area contributed by atoms with Crippen LogP contribution in [0, 0.1) is 0 Å². The molecule has 0 radical (unpaired) electrons.